The molecule has 6 aromatic carbocycles. The molecule has 2 aromatic heterocycles. The number of hydrogen-bond acceptors (Lipinski definition) is 3. The fourth-order valence-corrected chi connectivity index (χ4v) is 7.15. The molecule has 1 N–H and O–H groups in total. The number of hydrogen-bond donors (Lipinski definition) is 1. The predicted octanol–water partition coefficient (Wildman–Crippen LogP) is 13.4. The molecule has 55 heavy (non-hydrogen) atoms. The average molecular weight is 723 g/mol. The summed E-state index contributed by atoms with van der Waals surface area (Å²) < 4.78 is 45.7. The van der Waals surface area contributed by atoms with Crippen LogP contribution in [-0.2, 0) is 10.8 Å². The van der Waals surface area contributed by atoms with Crippen molar-refractivity contribution in [1.82, 2.24) is 14.5 Å². The lowest BCUT2D eigenvalue weighted by Gasteiger charge is -2.27. The molecule has 272 valence electrons. The summed E-state index contributed by atoms with van der Waals surface area (Å²) in [6, 6.07) is 36.6. The second-order valence-electron chi connectivity index (χ2n) is 16.3. The molecular weight excluding hydrogens is 671 g/mol. The minimum absolute atomic E-state index is 0.0221. The number of phenols is 1. The lowest BCUT2D eigenvalue weighted by molar-refractivity contribution is 0.446. The predicted molar refractivity (Wildman–Crippen MR) is 230 cm³/mol. The van der Waals surface area contributed by atoms with Crippen molar-refractivity contribution in [2.75, 3.05) is 0 Å². The fourth-order valence-electron chi connectivity index (χ4n) is 7.15. The number of aromatic hydroxyl groups is 1. The van der Waals surface area contributed by atoms with Gasteiger partial charge in [-0.2, -0.15) is 0 Å². The van der Waals surface area contributed by atoms with E-state index in [1.807, 2.05) is 81.6 Å². The molecule has 0 atom stereocenters. The fraction of sp³-hybridized carbons (Fsp3) is 0.176. The van der Waals surface area contributed by atoms with Gasteiger partial charge in [0.05, 0.1) is 29.1 Å². The zero-order chi connectivity index (χ0) is 42.8. The first-order chi connectivity index (χ1) is 28.4. The maximum Gasteiger partial charge on any atom is 0.149 e. The Morgan fingerprint density at radius 2 is 1.29 bits per heavy atom. The summed E-state index contributed by atoms with van der Waals surface area (Å²) >= 11 is 0. The zero-order valence-electron chi connectivity index (χ0n) is 37.3. The Bertz CT molecular complexity index is 2930. The largest absolute Gasteiger partial charge is 0.507 e. The molecule has 0 amide bonds. The Hall–Kier alpha value is -6.26. The number of fused-ring (bicyclic) bond motifs is 1. The van der Waals surface area contributed by atoms with Gasteiger partial charge in [-0.05, 0) is 106 Å². The van der Waals surface area contributed by atoms with Crippen LogP contribution in [0.25, 0.3) is 72.7 Å². The van der Waals surface area contributed by atoms with E-state index < -0.39 is 23.5 Å². The minimum Gasteiger partial charge on any atom is -0.507 e. The first-order valence-electron chi connectivity index (χ1n) is 21.1. The summed E-state index contributed by atoms with van der Waals surface area (Å²) in [4.78, 5) is 10.2. The molecule has 0 fully saturated rings. The van der Waals surface area contributed by atoms with Crippen LogP contribution < -0.4 is 0 Å². The van der Waals surface area contributed by atoms with E-state index in [1.165, 1.54) is 5.56 Å². The molecular formula is C51H47N3O. The smallest absolute Gasteiger partial charge is 0.149 e. The number of aromatic nitrogens is 3. The first kappa shape index (κ1) is 30.1. The highest BCUT2D eigenvalue weighted by molar-refractivity contribution is 5.97. The number of rotatable bonds is 6. The molecule has 4 heteroatoms. The van der Waals surface area contributed by atoms with Crippen LogP contribution in [0.5, 0.6) is 5.75 Å². The Balaban J connectivity index is 1.45. The van der Waals surface area contributed by atoms with E-state index in [2.05, 4.69) is 88.4 Å². The van der Waals surface area contributed by atoms with Gasteiger partial charge in [-0.1, -0.05) is 138 Å². The van der Waals surface area contributed by atoms with Crippen LogP contribution in [0.2, 0.25) is 0 Å². The van der Waals surface area contributed by atoms with E-state index in [0.29, 0.717) is 22.2 Å². The maximum absolute atomic E-state index is 12.2. The van der Waals surface area contributed by atoms with Crippen molar-refractivity contribution in [3.8, 4) is 67.5 Å². The van der Waals surface area contributed by atoms with Crippen molar-refractivity contribution >= 4 is 11.0 Å². The highest BCUT2D eigenvalue weighted by Gasteiger charge is 2.28. The molecule has 0 aliphatic rings. The van der Waals surface area contributed by atoms with Crippen molar-refractivity contribution < 1.29 is 12.0 Å². The van der Waals surface area contributed by atoms with Gasteiger partial charge in [0.25, 0.3) is 0 Å². The van der Waals surface area contributed by atoms with E-state index in [-0.39, 0.29) is 34.8 Å². The van der Waals surface area contributed by atoms with Gasteiger partial charge in [0.15, 0.2) is 0 Å². The Morgan fingerprint density at radius 3 is 2.00 bits per heavy atom. The molecule has 0 aliphatic heterocycles. The Morgan fingerprint density at radius 1 is 0.600 bits per heavy atom. The second-order valence-corrected chi connectivity index (χ2v) is 16.3. The number of phenolic OH excluding ortho intramolecular Hbond substituents is 1. The molecule has 0 spiro atoms. The first-order valence-corrected chi connectivity index (χ1v) is 18.6. The molecule has 0 radical (unpaired) electrons. The standard InChI is InChI=1S/C51H47N3O/c1-33-21-23-35(24-22-33)36-25-26-52-45(30-36)39-28-37(34-15-10-8-11-16-34)27-38(29-39)42-19-14-20-46-47(42)53-49(54(46)41-17-12-9-13-18-41)43-31-40(50(2,3)4)32-44(48(43)55)51(5,6)7/h8-32,55H,1-7H3/i9D,12D,13D,17D,18D. The van der Waals surface area contributed by atoms with Gasteiger partial charge in [0.1, 0.15) is 11.6 Å². The highest BCUT2D eigenvalue weighted by atomic mass is 16.3. The van der Waals surface area contributed by atoms with E-state index >= 15 is 0 Å². The average Bonchev–Trinajstić information content (AvgIpc) is 3.61. The van der Waals surface area contributed by atoms with Crippen molar-refractivity contribution in [1.29, 1.82) is 0 Å². The van der Waals surface area contributed by atoms with Crippen molar-refractivity contribution in [2.24, 2.45) is 0 Å². The van der Waals surface area contributed by atoms with Crippen LogP contribution in [0.3, 0.4) is 0 Å². The topological polar surface area (TPSA) is 50.9 Å². The van der Waals surface area contributed by atoms with Crippen LogP contribution in [0.4, 0.5) is 0 Å². The quantitative estimate of drug-likeness (QED) is 0.186. The number of nitrogens with zero attached hydrogens (tertiary/aromatic N) is 3. The normalized spacial score (nSPS) is 13.3. The van der Waals surface area contributed by atoms with Crippen LogP contribution in [-0.4, -0.2) is 19.6 Å². The Kier molecular flexibility index (Phi) is 7.59. The molecule has 0 aliphatic carbocycles. The molecule has 0 saturated heterocycles. The van der Waals surface area contributed by atoms with E-state index in [9.17, 15) is 5.11 Å². The summed E-state index contributed by atoms with van der Waals surface area (Å²) in [6.07, 6.45) is 1.83. The number of benzene rings is 6. The summed E-state index contributed by atoms with van der Waals surface area (Å²) in [7, 11) is 0. The van der Waals surface area contributed by atoms with Crippen molar-refractivity contribution in [3.05, 3.63) is 168 Å². The van der Waals surface area contributed by atoms with Crippen LogP contribution >= 0.6 is 0 Å². The number of aryl methyl sites for hydroxylation is 1. The van der Waals surface area contributed by atoms with Gasteiger partial charge in [0.2, 0.25) is 0 Å². The van der Waals surface area contributed by atoms with Crippen LogP contribution in [0.1, 0.15) is 65.1 Å². The summed E-state index contributed by atoms with van der Waals surface area (Å²) in [5.74, 6) is 0.283. The molecule has 0 unspecified atom stereocenters. The van der Waals surface area contributed by atoms with Crippen LogP contribution in [0, 0.1) is 6.92 Å². The second kappa shape index (κ2) is 13.9. The van der Waals surface area contributed by atoms with E-state index in [4.69, 9.17) is 16.8 Å². The van der Waals surface area contributed by atoms with Gasteiger partial charge in [-0.15, -0.1) is 0 Å². The van der Waals surface area contributed by atoms with E-state index in [1.54, 1.807) is 4.57 Å². The van der Waals surface area contributed by atoms with Crippen molar-refractivity contribution in [2.45, 2.75) is 59.3 Å². The molecule has 0 saturated carbocycles. The monoisotopic (exact) mass is 722 g/mol. The van der Waals surface area contributed by atoms with Gasteiger partial charge in [-0.25, -0.2) is 4.98 Å². The summed E-state index contributed by atoms with van der Waals surface area (Å²) in [6.45, 7) is 14.5. The van der Waals surface area contributed by atoms with Gasteiger partial charge in [0, 0.05) is 28.6 Å². The van der Waals surface area contributed by atoms with Crippen molar-refractivity contribution in [3.63, 3.8) is 0 Å². The lowest BCUT2D eigenvalue weighted by atomic mass is 9.79. The third-order valence-corrected chi connectivity index (χ3v) is 10.2. The lowest BCUT2D eigenvalue weighted by Crippen LogP contribution is -2.17. The van der Waals surface area contributed by atoms with Crippen LogP contribution in [0.15, 0.2) is 152 Å². The number of para-hydroxylation sites is 2. The molecule has 2 heterocycles. The van der Waals surface area contributed by atoms with Gasteiger partial charge >= 0.3 is 0 Å². The molecule has 4 nitrogen and oxygen atoms in total. The SMILES string of the molecule is [2H]c1c([2H])c([2H])c(-n2c(-c3cc(C(C)(C)C)cc(C(C)(C)C)c3O)nc3c(-c4cc(-c5ccccc5)cc(-c5cc(-c6ccc(C)cc6)ccn5)c4)cccc32)c([2H])c1[2H]. The Labute approximate surface area is 331 Å². The molecule has 8 aromatic rings. The highest BCUT2D eigenvalue weighted by Crippen LogP contribution is 2.45. The molecule has 8 rings (SSSR count). The number of pyridine rings is 1. The maximum atomic E-state index is 12.2. The summed E-state index contributed by atoms with van der Waals surface area (Å²) in [5.41, 5.74) is 10.9. The van der Waals surface area contributed by atoms with Gasteiger partial charge < -0.3 is 5.11 Å². The third-order valence-electron chi connectivity index (χ3n) is 10.2. The zero-order valence-corrected chi connectivity index (χ0v) is 32.3. The molecule has 0 bridgehead atoms. The summed E-state index contributed by atoms with van der Waals surface area (Å²) in [5, 5.41) is 12.2. The van der Waals surface area contributed by atoms with E-state index in [0.717, 1.165) is 50.2 Å². The van der Waals surface area contributed by atoms with Gasteiger partial charge in [-0.3, -0.25) is 9.55 Å². The number of imidazole rings is 1. The minimum atomic E-state index is -0.488. The third kappa shape index (κ3) is 6.97.